The van der Waals surface area contributed by atoms with Crippen molar-refractivity contribution in [1.29, 1.82) is 0 Å². The summed E-state index contributed by atoms with van der Waals surface area (Å²) in [7, 11) is 0. The molecular weight excluding hydrogens is 268 g/mol. The molecule has 102 valence electrons. The molecule has 0 bridgehead atoms. The van der Waals surface area contributed by atoms with Gasteiger partial charge in [-0.25, -0.2) is 14.6 Å². The van der Waals surface area contributed by atoms with Gasteiger partial charge in [-0.1, -0.05) is 0 Å². The van der Waals surface area contributed by atoms with Crippen molar-refractivity contribution >= 4 is 17.6 Å². The number of aromatic amines is 2. The Kier molecular flexibility index (Phi) is 3.42. The second kappa shape index (κ2) is 5.18. The third-order valence-electron chi connectivity index (χ3n) is 2.30. The van der Waals surface area contributed by atoms with Crippen LogP contribution in [0.1, 0.15) is 20.8 Å². The van der Waals surface area contributed by atoms with Crippen molar-refractivity contribution in [3.8, 4) is 0 Å². The Morgan fingerprint density at radius 1 is 1.25 bits per heavy atom. The van der Waals surface area contributed by atoms with Gasteiger partial charge < -0.3 is 15.4 Å². The number of anilines is 1. The van der Waals surface area contributed by atoms with E-state index in [1.807, 2.05) is 4.98 Å². The first-order valence-electron chi connectivity index (χ1n) is 5.30. The molecule has 0 spiro atoms. The van der Waals surface area contributed by atoms with Crippen molar-refractivity contribution in [2.75, 3.05) is 5.32 Å². The summed E-state index contributed by atoms with van der Waals surface area (Å²) in [6.07, 6.45) is 2.12. The lowest BCUT2D eigenvalue weighted by molar-refractivity contribution is 0.0690. The molecule has 9 heteroatoms. The van der Waals surface area contributed by atoms with Gasteiger partial charge in [0, 0.05) is 6.20 Å². The van der Waals surface area contributed by atoms with Gasteiger partial charge in [0.05, 0.1) is 11.9 Å². The minimum absolute atomic E-state index is 0.176. The molecule has 2 heterocycles. The zero-order chi connectivity index (χ0) is 14.7. The van der Waals surface area contributed by atoms with Crippen LogP contribution in [0.2, 0.25) is 0 Å². The second-order valence-electron chi connectivity index (χ2n) is 3.68. The number of carbonyl (C=O) groups is 2. The molecule has 1 amide bonds. The molecule has 0 unspecified atom stereocenters. The molecule has 0 aliphatic rings. The fraction of sp³-hybridized carbons (Fsp3) is 0. The Morgan fingerprint density at radius 3 is 2.55 bits per heavy atom. The summed E-state index contributed by atoms with van der Waals surface area (Å²) in [6.45, 7) is 0. The van der Waals surface area contributed by atoms with Crippen molar-refractivity contribution in [3.05, 3.63) is 56.6 Å². The van der Waals surface area contributed by atoms with E-state index in [1.165, 1.54) is 12.1 Å². The van der Waals surface area contributed by atoms with E-state index in [1.54, 1.807) is 0 Å². The fourth-order valence-electron chi connectivity index (χ4n) is 1.37. The van der Waals surface area contributed by atoms with Gasteiger partial charge in [0.15, 0.2) is 0 Å². The zero-order valence-electron chi connectivity index (χ0n) is 9.84. The Hall–Kier alpha value is -3.23. The Balaban J connectivity index is 2.21. The lowest BCUT2D eigenvalue weighted by Gasteiger charge is -2.03. The van der Waals surface area contributed by atoms with E-state index >= 15 is 0 Å². The second-order valence-corrected chi connectivity index (χ2v) is 3.68. The van der Waals surface area contributed by atoms with E-state index in [9.17, 15) is 19.2 Å². The molecule has 0 saturated carbocycles. The van der Waals surface area contributed by atoms with Crippen LogP contribution in [0.25, 0.3) is 0 Å². The van der Waals surface area contributed by atoms with Gasteiger partial charge in [0.25, 0.3) is 11.5 Å². The molecule has 0 saturated heterocycles. The van der Waals surface area contributed by atoms with Crippen LogP contribution in [-0.2, 0) is 0 Å². The van der Waals surface area contributed by atoms with Gasteiger partial charge in [0.2, 0.25) is 0 Å². The van der Waals surface area contributed by atoms with Gasteiger partial charge in [-0.05, 0) is 12.1 Å². The van der Waals surface area contributed by atoms with Crippen molar-refractivity contribution in [1.82, 2.24) is 15.0 Å². The van der Waals surface area contributed by atoms with E-state index in [2.05, 4.69) is 15.3 Å². The lowest BCUT2D eigenvalue weighted by atomic mass is 10.3. The maximum atomic E-state index is 11.8. The maximum Gasteiger partial charge on any atom is 0.354 e. The van der Waals surface area contributed by atoms with Crippen LogP contribution < -0.4 is 16.6 Å². The summed E-state index contributed by atoms with van der Waals surface area (Å²) in [6, 6.07) is 2.53. The topological polar surface area (TPSA) is 145 Å². The van der Waals surface area contributed by atoms with Crippen LogP contribution in [0.15, 0.2) is 34.1 Å². The molecule has 9 nitrogen and oxygen atoms in total. The first-order chi connectivity index (χ1) is 9.47. The molecule has 4 N–H and O–H groups in total. The number of H-pyrrole nitrogens is 2. The molecule has 0 aliphatic heterocycles. The number of rotatable bonds is 3. The van der Waals surface area contributed by atoms with Crippen LogP contribution in [0.4, 0.5) is 5.69 Å². The number of carbonyl (C=O) groups excluding carboxylic acids is 1. The molecule has 0 fully saturated rings. The molecule has 0 radical (unpaired) electrons. The van der Waals surface area contributed by atoms with Crippen LogP contribution in [0.3, 0.4) is 0 Å². The highest BCUT2D eigenvalue weighted by molar-refractivity contribution is 6.03. The summed E-state index contributed by atoms with van der Waals surface area (Å²) in [5.74, 6) is -1.95. The van der Waals surface area contributed by atoms with Crippen LogP contribution >= 0.6 is 0 Å². The summed E-state index contributed by atoms with van der Waals surface area (Å²) in [4.78, 5) is 52.3. The first-order valence-corrected chi connectivity index (χ1v) is 5.30. The summed E-state index contributed by atoms with van der Waals surface area (Å²) >= 11 is 0. The largest absolute Gasteiger partial charge is 0.477 e. The number of nitrogens with zero attached hydrogens (tertiary/aromatic N) is 1. The van der Waals surface area contributed by atoms with E-state index < -0.39 is 23.1 Å². The number of pyridine rings is 1. The average molecular weight is 276 g/mol. The first kappa shape index (κ1) is 13.2. The molecule has 2 aromatic heterocycles. The predicted molar refractivity (Wildman–Crippen MR) is 66.8 cm³/mol. The highest BCUT2D eigenvalue weighted by Gasteiger charge is 2.12. The maximum absolute atomic E-state index is 11.8. The minimum atomic E-state index is -1.19. The number of amides is 1. The number of carboxylic acid groups (broad SMARTS) is 1. The quantitative estimate of drug-likeness (QED) is 0.589. The Bertz CT molecular complexity index is 774. The number of nitrogens with one attached hydrogen (secondary N) is 3. The fourth-order valence-corrected chi connectivity index (χ4v) is 1.37. The SMILES string of the molecule is O=C(O)c1ccc(NC(=O)c2c[nH]c(=O)[nH]c2=O)cn1. The van der Waals surface area contributed by atoms with E-state index in [0.717, 1.165) is 12.4 Å². The van der Waals surface area contributed by atoms with Crippen LogP contribution in [0.5, 0.6) is 0 Å². The van der Waals surface area contributed by atoms with Gasteiger partial charge in [-0.15, -0.1) is 0 Å². The monoisotopic (exact) mass is 276 g/mol. The van der Waals surface area contributed by atoms with Gasteiger partial charge >= 0.3 is 11.7 Å². The number of hydrogen-bond acceptors (Lipinski definition) is 5. The van der Waals surface area contributed by atoms with Crippen LogP contribution in [-0.4, -0.2) is 31.9 Å². The molecule has 0 atom stereocenters. The smallest absolute Gasteiger partial charge is 0.354 e. The molecule has 0 aliphatic carbocycles. The number of aromatic carboxylic acids is 1. The molecule has 0 aromatic carbocycles. The van der Waals surface area contributed by atoms with Crippen LogP contribution in [0, 0.1) is 0 Å². The normalized spacial score (nSPS) is 10.0. The third-order valence-corrected chi connectivity index (χ3v) is 2.30. The third kappa shape index (κ3) is 2.77. The van der Waals surface area contributed by atoms with Crippen molar-refractivity contribution in [3.63, 3.8) is 0 Å². The summed E-state index contributed by atoms with van der Waals surface area (Å²) < 4.78 is 0. The Labute approximate surface area is 110 Å². The van der Waals surface area contributed by atoms with Crippen molar-refractivity contribution in [2.45, 2.75) is 0 Å². The van der Waals surface area contributed by atoms with Gasteiger partial charge in [-0.2, -0.15) is 0 Å². The average Bonchev–Trinajstić information content (AvgIpc) is 2.39. The Morgan fingerprint density at radius 2 is 2.00 bits per heavy atom. The zero-order valence-corrected chi connectivity index (χ0v) is 9.84. The predicted octanol–water partition coefficient (Wildman–Crippen LogP) is -0.591. The summed E-state index contributed by atoms with van der Waals surface area (Å²) in [5, 5.41) is 11.0. The molecule has 20 heavy (non-hydrogen) atoms. The van der Waals surface area contributed by atoms with Crippen molar-refractivity contribution < 1.29 is 14.7 Å². The number of hydrogen-bond donors (Lipinski definition) is 4. The van der Waals surface area contributed by atoms with E-state index in [4.69, 9.17) is 5.11 Å². The van der Waals surface area contributed by atoms with Crippen molar-refractivity contribution in [2.24, 2.45) is 0 Å². The van der Waals surface area contributed by atoms with Gasteiger partial charge in [-0.3, -0.25) is 14.6 Å². The number of aromatic nitrogens is 3. The molecule has 2 rings (SSSR count). The number of carboxylic acids is 1. The molecule has 2 aromatic rings. The highest BCUT2D eigenvalue weighted by Crippen LogP contribution is 2.07. The minimum Gasteiger partial charge on any atom is -0.477 e. The molecular formula is C11H8N4O5. The highest BCUT2D eigenvalue weighted by atomic mass is 16.4. The standard InChI is InChI=1S/C11H8N4O5/c16-8(6-4-13-11(20)15-9(6)17)14-5-1-2-7(10(18)19)12-3-5/h1-4H,(H,14,16)(H,18,19)(H2,13,15,17,20). The van der Waals surface area contributed by atoms with Gasteiger partial charge in [0.1, 0.15) is 11.3 Å². The van der Waals surface area contributed by atoms with E-state index in [0.29, 0.717) is 0 Å². The summed E-state index contributed by atoms with van der Waals surface area (Å²) in [5.41, 5.74) is -1.80. The lowest BCUT2D eigenvalue weighted by Crippen LogP contribution is -2.29. The van der Waals surface area contributed by atoms with E-state index in [-0.39, 0.29) is 16.9 Å².